The fraction of sp³-hybridized carbons (Fsp3) is 1.00. The second kappa shape index (κ2) is 10.2. The largest absolute Gasteiger partial charge is 0.260 e. The predicted octanol–water partition coefficient (Wildman–Crippen LogP) is 3.79. The van der Waals surface area contributed by atoms with Gasteiger partial charge in [0.05, 0.1) is 0 Å². The molecule has 0 aromatic carbocycles. The quantitative estimate of drug-likeness (QED) is 0.579. The van der Waals surface area contributed by atoms with Crippen LogP contribution in [0.3, 0.4) is 0 Å². The highest BCUT2D eigenvalue weighted by Crippen LogP contribution is 2.10. The predicted molar refractivity (Wildman–Crippen MR) is 66.7 cm³/mol. The van der Waals surface area contributed by atoms with Gasteiger partial charge in [-0.15, -0.1) is 0 Å². The Bertz CT molecular complexity index is 170. The molecular formula is C12H24F2OS. The number of alkyl halides is 2. The molecule has 0 heterocycles. The van der Waals surface area contributed by atoms with Crippen molar-refractivity contribution in [1.29, 1.82) is 0 Å². The van der Waals surface area contributed by atoms with Crippen molar-refractivity contribution < 1.29 is 13.0 Å². The van der Waals surface area contributed by atoms with E-state index >= 15 is 0 Å². The summed E-state index contributed by atoms with van der Waals surface area (Å²) < 4.78 is 37.6. The molecule has 98 valence electrons. The van der Waals surface area contributed by atoms with Crippen LogP contribution in [0.25, 0.3) is 0 Å². The Hall–Kier alpha value is 0.01000. The van der Waals surface area contributed by atoms with Crippen molar-refractivity contribution in [3.05, 3.63) is 0 Å². The van der Waals surface area contributed by atoms with Gasteiger partial charge in [0.2, 0.25) is 0 Å². The van der Waals surface area contributed by atoms with E-state index in [9.17, 15) is 13.0 Å². The minimum absolute atomic E-state index is 0.352. The third kappa shape index (κ3) is 9.25. The molecule has 0 aliphatic heterocycles. The molecule has 0 fully saturated rings. The molecule has 0 aliphatic carbocycles. The number of hydrogen-bond acceptors (Lipinski definition) is 1. The lowest BCUT2D eigenvalue weighted by atomic mass is 10.2. The van der Waals surface area contributed by atoms with Crippen LogP contribution >= 0.6 is 0 Å². The molecule has 2 atom stereocenters. The third-order valence-electron chi connectivity index (χ3n) is 2.52. The van der Waals surface area contributed by atoms with Gasteiger partial charge < -0.3 is 0 Å². The Morgan fingerprint density at radius 1 is 0.875 bits per heavy atom. The average Bonchev–Trinajstić information content (AvgIpc) is 2.24. The second-order valence-corrected chi connectivity index (χ2v) is 5.89. The van der Waals surface area contributed by atoms with Gasteiger partial charge in [-0.2, -0.15) is 0 Å². The van der Waals surface area contributed by atoms with Gasteiger partial charge in [-0.3, -0.25) is 4.21 Å². The smallest absolute Gasteiger partial charge is 0.101 e. The Labute approximate surface area is 100 Å². The molecule has 16 heavy (non-hydrogen) atoms. The van der Waals surface area contributed by atoms with E-state index in [0.29, 0.717) is 37.2 Å². The Morgan fingerprint density at radius 2 is 1.25 bits per heavy atom. The van der Waals surface area contributed by atoms with Gasteiger partial charge in [-0.1, -0.05) is 26.7 Å². The topological polar surface area (TPSA) is 17.1 Å². The maximum absolute atomic E-state index is 13.1. The van der Waals surface area contributed by atoms with Crippen molar-refractivity contribution in [2.45, 2.75) is 64.7 Å². The van der Waals surface area contributed by atoms with E-state index in [1.165, 1.54) is 0 Å². The van der Waals surface area contributed by atoms with Crippen molar-refractivity contribution >= 4 is 10.8 Å². The van der Waals surface area contributed by atoms with Crippen molar-refractivity contribution in [2.75, 3.05) is 11.5 Å². The molecule has 0 saturated heterocycles. The highest BCUT2D eigenvalue weighted by molar-refractivity contribution is 7.84. The summed E-state index contributed by atoms with van der Waals surface area (Å²) in [5, 5.41) is 0. The van der Waals surface area contributed by atoms with E-state index in [1.807, 2.05) is 13.8 Å². The lowest BCUT2D eigenvalue weighted by Gasteiger charge is -2.08. The maximum atomic E-state index is 13.1. The third-order valence-corrected chi connectivity index (χ3v) is 3.90. The van der Waals surface area contributed by atoms with Crippen molar-refractivity contribution in [2.24, 2.45) is 0 Å². The molecule has 2 unspecified atom stereocenters. The van der Waals surface area contributed by atoms with Crippen LogP contribution in [-0.2, 0) is 10.8 Å². The lowest BCUT2D eigenvalue weighted by Crippen LogP contribution is -2.12. The number of rotatable bonds is 10. The normalized spacial score (nSPS) is 17.0. The van der Waals surface area contributed by atoms with Crippen LogP contribution in [-0.4, -0.2) is 28.1 Å². The van der Waals surface area contributed by atoms with Gasteiger partial charge in [0.15, 0.2) is 0 Å². The first-order valence-electron chi connectivity index (χ1n) is 6.23. The molecule has 4 heteroatoms. The van der Waals surface area contributed by atoms with E-state index in [1.54, 1.807) is 0 Å². The van der Waals surface area contributed by atoms with E-state index < -0.39 is 23.1 Å². The molecular weight excluding hydrogens is 230 g/mol. The molecule has 0 spiro atoms. The van der Waals surface area contributed by atoms with Crippen molar-refractivity contribution in [3.63, 3.8) is 0 Å². The zero-order valence-corrected chi connectivity index (χ0v) is 11.2. The second-order valence-electron chi connectivity index (χ2n) is 4.20. The first kappa shape index (κ1) is 16.0. The standard InChI is InChI=1S/C12H24F2OS/c1-3-5-11(13)7-9-16(15)10-8-12(14)6-4-2/h11-12H,3-10H2,1-2H3. The summed E-state index contributed by atoms with van der Waals surface area (Å²) in [6, 6.07) is 0. The van der Waals surface area contributed by atoms with Gasteiger partial charge in [-0.25, -0.2) is 8.78 Å². The van der Waals surface area contributed by atoms with Crippen LogP contribution in [0, 0.1) is 0 Å². The van der Waals surface area contributed by atoms with Gasteiger partial charge >= 0.3 is 0 Å². The summed E-state index contributed by atoms with van der Waals surface area (Å²) in [6.45, 7) is 3.87. The molecule has 0 amide bonds. The first-order chi connectivity index (χ1) is 7.60. The minimum atomic E-state index is -1.05. The molecule has 1 nitrogen and oxygen atoms in total. The monoisotopic (exact) mass is 254 g/mol. The van der Waals surface area contributed by atoms with Crippen LogP contribution in [0.15, 0.2) is 0 Å². The summed E-state index contributed by atoms with van der Waals surface area (Å²) in [5.74, 6) is 0.750. The molecule has 0 radical (unpaired) electrons. The fourth-order valence-corrected chi connectivity index (χ4v) is 2.78. The molecule has 0 saturated carbocycles. The number of hydrogen-bond donors (Lipinski definition) is 0. The fourth-order valence-electron chi connectivity index (χ4n) is 1.54. The van der Waals surface area contributed by atoms with Crippen LogP contribution in [0.5, 0.6) is 0 Å². The average molecular weight is 254 g/mol. The van der Waals surface area contributed by atoms with Crippen LogP contribution in [0.4, 0.5) is 8.78 Å². The van der Waals surface area contributed by atoms with Crippen LogP contribution in [0.1, 0.15) is 52.4 Å². The van der Waals surface area contributed by atoms with Gasteiger partial charge in [0.25, 0.3) is 0 Å². The van der Waals surface area contributed by atoms with E-state index in [2.05, 4.69) is 0 Å². The summed E-state index contributed by atoms with van der Waals surface area (Å²) in [7, 11) is -1.05. The molecule has 0 aromatic heterocycles. The van der Waals surface area contributed by atoms with Gasteiger partial charge in [0.1, 0.15) is 12.3 Å². The minimum Gasteiger partial charge on any atom is -0.260 e. The highest BCUT2D eigenvalue weighted by atomic mass is 32.2. The Morgan fingerprint density at radius 3 is 1.56 bits per heavy atom. The molecule has 0 aromatic rings. The Kier molecular flexibility index (Phi) is 10.2. The maximum Gasteiger partial charge on any atom is 0.101 e. The van der Waals surface area contributed by atoms with E-state index in [-0.39, 0.29) is 0 Å². The summed E-state index contributed by atoms with van der Waals surface area (Å²) >= 11 is 0. The zero-order valence-electron chi connectivity index (χ0n) is 10.4. The molecule has 0 rings (SSSR count). The van der Waals surface area contributed by atoms with Crippen LogP contribution < -0.4 is 0 Å². The van der Waals surface area contributed by atoms with E-state index in [0.717, 1.165) is 12.8 Å². The molecule has 0 bridgehead atoms. The van der Waals surface area contributed by atoms with Crippen molar-refractivity contribution in [3.8, 4) is 0 Å². The SMILES string of the molecule is CCCC(F)CCS(=O)CCC(F)CCC. The van der Waals surface area contributed by atoms with Gasteiger partial charge in [0, 0.05) is 22.3 Å². The number of halogens is 2. The summed E-state index contributed by atoms with van der Waals surface area (Å²) in [6.07, 6.45) is 1.73. The van der Waals surface area contributed by atoms with E-state index in [4.69, 9.17) is 0 Å². The Balaban J connectivity index is 3.51. The van der Waals surface area contributed by atoms with Crippen LogP contribution in [0.2, 0.25) is 0 Å². The lowest BCUT2D eigenvalue weighted by molar-refractivity contribution is 0.302. The molecule has 0 N–H and O–H groups in total. The zero-order chi connectivity index (χ0) is 12.4. The van der Waals surface area contributed by atoms with Crippen molar-refractivity contribution in [1.82, 2.24) is 0 Å². The molecule has 0 aliphatic rings. The summed E-state index contributed by atoms with van der Waals surface area (Å²) in [4.78, 5) is 0. The highest BCUT2D eigenvalue weighted by Gasteiger charge is 2.10. The van der Waals surface area contributed by atoms with Gasteiger partial charge in [-0.05, 0) is 25.7 Å². The first-order valence-corrected chi connectivity index (χ1v) is 7.72. The summed E-state index contributed by atoms with van der Waals surface area (Å²) in [5.41, 5.74) is 0.